The van der Waals surface area contributed by atoms with E-state index >= 15 is 0 Å². The highest BCUT2D eigenvalue weighted by Gasteiger charge is 2.39. The highest BCUT2D eigenvalue weighted by Crippen LogP contribution is 2.33. The molecule has 0 saturated carbocycles. The van der Waals surface area contributed by atoms with E-state index in [0.29, 0.717) is 19.7 Å². The van der Waals surface area contributed by atoms with Crippen LogP contribution in [0.4, 0.5) is 0 Å². The van der Waals surface area contributed by atoms with E-state index in [0.717, 1.165) is 30.1 Å². The van der Waals surface area contributed by atoms with Crippen molar-refractivity contribution >= 4 is 5.91 Å². The molecule has 6 heteroatoms. The number of rotatable bonds is 3. The van der Waals surface area contributed by atoms with Gasteiger partial charge >= 0.3 is 0 Å². The fourth-order valence-corrected chi connectivity index (χ4v) is 3.79. The van der Waals surface area contributed by atoms with Crippen molar-refractivity contribution in [2.24, 2.45) is 5.92 Å². The molecule has 0 spiro atoms. The van der Waals surface area contributed by atoms with E-state index in [1.54, 1.807) is 0 Å². The second kappa shape index (κ2) is 6.59. The van der Waals surface area contributed by atoms with Gasteiger partial charge in [-0.3, -0.25) is 4.79 Å². The number of nitrogens with zero attached hydrogens (tertiary/aromatic N) is 4. The molecule has 1 aromatic carbocycles. The molecule has 0 unspecified atom stereocenters. The third-order valence-electron chi connectivity index (χ3n) is 5.01. The fourth-order valence-electron chi connectivity index (χ4n) is 3.79. The molecule has 0 N–H and O–H groups in total. The minimum atomic E-state index is -0.288. The number of amides is 1. The van der Waals surface area contributed by atoms with Gasteiger partial charge in [-0.05, 0) is 18.8 Å². The quantitative estimate of drug-likeness (QED) is 0.862. The Hall–Kier alpha value is -2.21. The van der Waals surface area contributed by atoms with Crippen molar-refractivity contribution in [2.75, 3.05) is 13.2 Å². The van der Waals surface area contributed by atoms with Crippen molar-refractivity contribution in [1.82, 2.24) is 19.7 Å². The van der Waals surface area contributed by atoms with Crippen LogP contribution in [0.15, 0.2) is 30.3 Å². The molecule has 1 amide bonds. The number of benzene rings is 1. The van der Waals surface area contributed by atoms with E-state index in [2.05, 4.69) is 18.9 Å². The molecule has 2 aromatic rings. The maximum Gasteiger partial charge on any atom is 0.252 e. The summed E-state index contributed by atoms with van der Waals surface area (Å²) in [6.07, 6.45) is 1.50. The standard InChI is InChI=1S/C19H24N4O2/c1-13(2)16-18-20-17(14-7-4-3-5-8-14)21-23(18)11-10-22(16)19(24)15-9-6-12-25-15/h3-5,7-8,13,15-16H,6,9-12H2,1-2H3/t15-,16+/m1/s1. The Balaban J connectivity index is 1.67. The summed E-state index contributed by atoms with van der Waals surface area (Å²) < 4.78 is 7.59. The summed E-state index contributed by atoms with van der Waals surface area (Å²) in [7, 11) is 0. The normalized spacial score (nSPS) is 23.1. The van der Waals surface area contributed by atoms with Gasteiger partial charge < -0.3 is 9.64 Å². The van der Waals surface area contributed by atoms with Crippen LogP contribution in [0.25, 0.3) is 11.4 Å². The monoisotopic (exact) mass is 340 g/mol. The molecule has 1 aromatic heterocycles. The summed E-state index contributed by atoms with van der Waals surface area (Å²) in [5.41, 5.74) is 1.00. The van der Waals surface area contributed by atoms with Gasteiger partial charge in [-0.15, -0.1) is 0 Å². The Morgan fingerprint density at radius 2 is 2.04 bits per heavy atom. The largest absolute Gasteiger partial charge is 0.368 e. The molecule has 25 heavy (non-hydrogen) atoms. The molecular formula is C19H24N4O2. The summed E-state index contributed by atoms with van der Waals surface area (Å²) >= 11 is 0. The number of ether oxygens (including phenoxy) is 1. The van der Waals surface area contributed by atoms with Gasteiger partial charge in [-0.25, -0.2) is 9.67 Å². The average molecular weight is 340 g/mol. The number of carbonyl (C=O) groups is 1. The molecule has 0 aliphatic carbocycles. The first-order valence-corrected chi connectivity index (χ1v) is 9.07. The summed E-state index contributed by atoms with van der Waals surface area (Å²) in [6, 6.07) is 9.93. The fraction of sp³-hybridized carbons (Fsp3) is 0.526. The molecule has 2 atom stereocenters. The molecule has 2 aliphatic heterocycles. The van der Waals surface area contributed by atoms with Crippen LogP contribution in [0.1, 0.15) is 38.6 Å². The molecule has 4 rings (SSSR count). The van der Waals surface area contributed by atoms with Crippen molar-refractivity contribution in [3.8, 4) is 11.4 Å². The zero-order chi connectivity index (χ0) is 17.4. The van der Waals surface area contributed by atoms with Gasteiger partial charge in [0.25, 0.3) is 5.91 Å². The number of aromatic nitrogens is 3. The first kappa shape index (κ1) is 16.3. The molecule has 2 aliphatic rings. The number of hydrogen-bond acceptors (Lipinski definition) is 4. The Morgan fingerprint density at radius 1 is 1.24 bits per heavy atom. The van der Waals surface area contributed by atoms with Gasteiger partial charge in [-0.1, -0.05) is 44.2 Å². The summed E-state index contributed by atoms with van der Waals surface area (Å²) in [6.45, 7) is 6.29. The summed E-state index contributed by atoms with van der Waals surface area (Å²) in [4.78, 5) is 19.7. The molecule has 132 valence electrons. The predicted octanol–water partition coefficient (Wildman–Crippen LogP) is 2.66. The van der Waals surface area contributed by atoms with E-state index in [9.17, 15) is 4.79 Å². The topological polar surface area (TPSA) is 60.2 Å². The maximum atomic E-state index is 12.9. The lowest BCUT2D eigenvalue weighted by Gasteiger charge is -2.38. The van der Waals surface area contributed by atoms with Crippen molar-refractivity contribution in [1.29, 1.82) is 0 Å². The van der Waals surface area contributed by atoms with Crippen molar-refractivity contribution < 1.29 is 9.53 Å². The Bertz CT molecular complexity index is 750. The van der Waals surface area contributed by atoms with Gasteiger partial charge in [0.05, 0.1) is 12.6 Å². The van der Waals surface area contributed by atoms with E-state index < -0.39 is 0 Å². The second-order valence-corrected chi connectivity index (χ2v) is 7.10. The van der Waals surface area contributed by atoms with Crippen LogP contribution >= 0.6 is 0 Å². The Labute approximate surface area is 147 Å². The Kier molecular flexibility index (Phi) is 4.29. The van der Waals surface area contributed by atoms with Crippen LogP contribution in [-0.4, -0.2) is 44.8 Å². The summed E-state index contributed by atoms with van der Waals surface area (Å²) in [5, 5.41) is 4.68. The molecule has 0 bridgehead atoms. The van der Waals surface area contributed by atoms with Crippen molar-refractivity contribution in [2.45, 2.75) is 45.4 Å². The SMILES string of the molecule is CC(C)[C@H]1c2nc(-c3ccccc3)nn2CCN1C(=O)[C@H]1CCCO1. The zero-order valence-electron chi connectivity index (χ0n) is 14.8. The van der Waals surface area contributed by atoms with Crippen molar-refractivity contribution in [3.63, 3.8) is 0 Å². The lowest BCUT2D eigenvalue weighted by atomic mass is 9.99. The minimum absolute atomic E-state index is 0.0598. The highest BCUT2D eigenvalue weighted by molar-refractivity contribution is 5.81. The van der Waals surface area contributed by atoms with Gasteiger partial charge in [-0.2, -0.15) is 5.10 Å². The molecule has 1 fully saturated rings. The van der Waals surface area contributed by atoms with Gasteiger partial charge in [0.1, 0.15) is 6.10 Å². The molecule has 6 nitrogen and oxygen atoms in total. The first-order valence-electron chi connectivity index (χ1n) is 9.07. The Morgan fingerprint density at radius 3 is 2.72 bits per heavy atom. The molecular weight excluding hydrogens is 316 g/mol. The maximum absolute atomic E-state index is 12.9. The second-order valence-electron chi connectivity index (χ2n) is 7.10. The van der Waals surface area contributed by atoms with Gasteiger partial charge in [0.15, 0.2) is 11.6 Å². The molecule has 1 saturated heterocycles. The number of fused-ring (bicyclic) bond motifs is 1. The lowest BCUT2D eigenvalue weighted by molar-refractivity contribution is -0.146. The van der Waals surface area contributed by atoms with Crippen LogP contribution in [0.2, 0.25) is 0 Å². The molecule has 0 radical (unpaired) electrons. The summed E-state index contributed by atoms with van der Waals surface area (Å²) in [5.74, 6) is 1.98. The smallest absolute Gasteiger partial charge is 0.252 e. The zero-order valence-corrected chi connectivity index (χ0v) is 14.8. The van der Waals surface area contributed by atoms with E-state index in [-0.39, 0.29) is 24.0 Å². The third kappa shape index (κ3) is 2.95. The van der Waals surface area contributed by atoms with E-state index in [1.165, 1.54) is 0 Å². The number of carbonyl (C=O) groups excluding carboxylic acids is 1. The average Bonchev–Trinajstić information content (AvgIpc) is 3.30. The van der Waals surface area contributed by atoms with Crippen LogP contribution in [-0.2, 0) is 16.1 Å². The lowest BCUT2D eigenvalue weighted by Crippen LogP contribution is -2.48. The number of hydrogen-bond donors (Lipinski definition) is 0. The van der Waals surface area contributed by atoms with Gasteiger partial charge in [0, 0.05) is 18.7 Å². The minimum Gasteiger partial charge on any atom is -0.368 e. The molecule has 3 heterocycles. The van der Waals surface area contributed by atoms with Gasteiger partial charge in [0.2, 0.25) is 0 Å². The van der Waals surface area contributed by atoms with Crippen molar-refractivity contribution in [3.05, 3.63) is 36.2 Å². The van der Waals surface area contributed by atoms with Crippen LogP contribution < -0.4 is 0 Å². The predicted molar refractivity (Wildman–Crippen MR) is 93.7 cm³/mol. The third-order valence-corrected chi connectivity index (χ3v) is 5.01. The first-order chi connectivity index (χ1) is 12.1. The van der Waals surface area contributed by atoms with E-state index in [1.807, 2.05) is 39.9 Å². The highest BCUT2D eigenvalue weighted by atomic mass is 16.5. The van der Waals surface area contributed by atoms with Crippen LogP contribution in [0, 0.1) is 5.92 Å². The van der Waals surface area contributed by atoms with Crippen LogP contribution in [0.3, 0.4) is 0 Å². The van der Waals surface area contributed by atoms with E-state index in [4.69, 9.17) is 9.72 Å². The van der Waals surface area contributed by atoms with Crippen LogP contribution in [0.5, 0.6) is 0 Å².